The van der Waals surface area contributed by atoms with Gasteiger partial charge in [-0.2, -0.15) is 0 Å². The van der Waals surface area contributed by atoms with Crippen LogP contribution in [0.5, 0.6) is 0 Å². The molecule has 2 unspecified atom stereocenters. The number of rotatable bonds is 4. The standard InChI is InChI=1S/C15H20N2O3/c1-10-7-16-9-13(10)14(18)17-8-11-3-5-12(6-4-11)15(19)20-2/h3-6,10,13,16H,7-9H2,1-2H3,(H,17,18). The fraction of sp³-hybridized carbons (Fsp3) is 0.467. The average molecular weight is 276 g/mol. The molecule has 0 spiro atoms. The van der Waals surface area contributed by atoms with E-state index in [1.807, 2.05) is 12.1 Å². The molecule has 2 rings (SSSR count). The van der Waals surface area contributed by atoms with Gasteiger partial charge < -0.3 is 15.4 Å². The van der Waals surface area contributed by atoms with Gasteiger partial charge in [-0.25, -0.2) is 4.79 Å². The topological polar surface area (TPSA) is 67.4 Å². The maximum atomic E-state index is 12.0. The van der Waals surface area contributed by atoms with Crippen molar-refractivity contribution in [2.45, 2.75) is 13.5 Å². The highest BCUT2D eigenvalue weighted by Crippen LogP contribution is 2.16. The van der Waals surface area contributed by atoms with Crippen LogP contribution in [-0.2, 0) is 16.1 Å². The van der Waals surface area contributed by atoms with Gasteiger partial charge in [0.05, 0.1) is 18.6 Å². The molecule has 20 heavy (non-hydrogen) atoms. The van der Waals surface area contributed by atoms with Crippen molar-refractivity contribution in [2.75, 3.05) is 20.2 Å². The number of carbonyl (C=O) groups is 2. The molecule has 0 radical (unpaired) electrons. The van der Waals surface area contributed by atoms with Crippen LogP contribution in [0.2, 0.25) is 0 Å². The fourth-order valence-electron chi connectivity index (χ4n) is 2.36. The number of methoxy groups -OCH3 is 1. The molecule has 0 saturated carbocycles. The summed E-state index contributed by atoms with van der Waals surface area (Å²) in [5, 5.41) is 6.15. The van der Waals surface area contributed by atoms with Crippen LogP contribution in [0.4, 0.5) is 0 Å². The normalized spacial score (nSPS) is 21.5. The number of carbonyl (C=O) groups excluding carboxylic acids is 2. The van der Waals surface area contributed by atoms with Crippen molar-refractivity contribution in [3.8, 4) is 0 Å². The Hall–Kier alpha value is -1.88. The zero-order valence-electron chi connectivity index (χ0n) is 11.8. The highest BCUT2D eigenvalue weighted by molar-refractivity contribution is 5.89. The SMILES string of the molecule is COC(=O)c1ccc(CNC(=O)C2CNCC2C)cc1. The van der Waals surface area contributed by atoms with Crippen molar-refractivity contribution in [1.82, 2.24) is 10.6 Å². The number of benzene rings is 1. The number of nitrogens with one attached hydrogen (secondary N) is 2. The van der Waals surface area contributed by atoms with Crippen molar-refractivity contribution in [1.29, 1.82) is 0 Å². The molecule has 1 aromatic rings. The summed E-state index contributed by atoms with van der Waals surface area (Å²) in [5.41, 5.74) is 1.47. The molecule has 0 bridgehead atoms. The fourth-order valence-corrected chi connectivity index (χ4v) is 2.36. The Kier molecular flexibility index (Phi) is 4.74. The lowest BCUT2D eigenvalue weighted by molar-refractivity contribution is -0.125. The zero-order valence-corrected chi connectivity index (χ0v) is 11.8. The maximum absolute atomic E-state index is 12.0. The van der Waals surface area contributed by atoms with Crippen LogP contribution in [0.3, 0.4) is 0 Å². The monoisotopic (exact) mass is 276 g/mol. The highest BCUT2D eigenvalue weighted by atomic mass is 16.5. The van der Waals surface area contributed by atoms with Crippen molar-refractivity contribution in [2.24, 2.45) is 11.8 Å². The summed E-state index contributed by atoms with van der Waals surface area (Å²) >= 11 is 0. The van der Waals surface area contributed by atoms with Gasteiger partial charge in [0.2, 0.25) is 5.91 Å². The van der Waals surface area contributed by atoms with E-state index in [4.69, 9.17) is 0 Å². The predicted octanol–water partition coefficient (Wildman–Crippen LogP) is 0.945. The first kappa shape index (κ1) is 14.5. The lowest BCUT2D eigenvalue weighted by Crippen LogP contribution is -2.33. The summed E-state index contributed by atoms with van der Waals surface area (Å²) in [5.74, 6) is 0.145. The van der Waals surface area contributed by atoms with Crippen LogP contribution >= 0.6 is 0 Å². The number of esters is 1. The average Bonchev–Trinajstić information content (AvgIpc) is 2.90. The van der Waals surface area contributed by atoms with E-state index in [0.29, 0.717) is 18.0 Å². The lowest BCUT2D eigenvalue weighted by atomic mass is 9.97. The van der Waals surface area contributed by atoms with Gasteiger partial charge in [-0.15, -0.1) is 0 Å². The van der Waals surface area contributed by atoms with E-state index in [1.165, 1.54) is 7.11 Å². The second-order valence-corrected chi connectivity index (χ2v) is 5.15. The van der Waals surface area contributed by atoms with Crippen LogP contribution < -0.4 is 10.6 Å². The third-order valence-corrected chi connectivity index (χ3v) is 3.70. The molecular formula is C15H20N2O3. The molecule has 5 heteroatoms. The Morgan fingerprint density at radius 3 is 2.55 bits per heavy atom. The molecule has 0 aromatic heterocycles. The third kappa shape index (κ3) is 3.36. The molecule has 2 N–H and O–H groups in total. The van der Waals surface area contributed by atoms with E-state index >= 15 is 0 Å². The highest BCUT2D eigenvalue weighted by Gasteiger charge is 2.29. The summed E-state index contributed by atoms with van der Waals surface area (Å²) in [6.07, 6.45) is 0. The Balaban J connectivity index is 1.87. The Morgan fingerprint density at radius 1 is 1.30 bits per heavy atom. The van der Waals surface area contributed by atoms with E-state index in [1.54, 1.807) is 12.1 Å². The Labute approximate surface area is 118 Å². The molecule has 1 aliphatic rings. The zero-order chi connectivity index (χ0) is 14.5. The number of hydrogen-bond donors (Lipinski definition) is 2. The van der Waals surface area contributed by atoms with Gasteiger partial charge in [-0.3, -0.25) is 4.79 Å². The van der Waals surface area contributed by atoms with E-state index in [-0.39, 0.29) is 17.8 Å². The first-order chi connectivity index (χ1) is 9.61. The van der Waals surface area contributed by atoms with Gasteiger partial charge in [0.25, 0.3) is 0 Å². The first-order valence-electron chi connectivity index (χ1n) is 6.77. The smallest absolute Gasteiger partial charge is 0.337 e. The van der Waals surface area contributed by atoms with E-state index in [2.05, 4.69) is 22.3 Å². The Morgan fingerprint density at radius 2 is 2.00 bits per heavy atom. The van der Waals surface area contributed by atoms with Crippen molar-refractivity contribution in [3.05, 3.63) is 35.4 Å². The van der Waals surface area contributed by atoms with Crippen molar-refractivity contribution in [3.63, 3.8) is 0 Å². The Bertz CT molecular complexity index is 484. The lowest BCUT2D eigenvalue weighted by Gasteiger charge is -2.14. The molecule has 0 aliphatic carbocycles. The van der Waals surface area contributed by atoms with E-state index < -0.39 is 0 Å². The van der Waals surface area contributed by atoms with Gasteiger partial charge in [0.15, 0.2) is 0 Å². The van der Waals surface area contributed by atoms with Gasteiger partial charge in [-0.1, -0.05) is 19.1 Å². The molecule has 2 atom stereocenters. The van der Waals surface area contributed by atoms with Crippen molar-refractivity contribution < 1.29 is 14.3 Å². The van der Waals surface area contributed by atoms with Crippen LogP contribution in [-0.4, -0.2) is 32.1 Å². The molecule has 1 heterocycles. The van der Waals surface area contributed by atoms with Crippen LogP contribution in [0, 0.1) is 11.8 Å². The van der Waals surface area contributed by atoms with Crippen LogP contribution in [0.15, 0.2) is 24.3 Å². The molecule has 108 valence electrons. The molecule has 5 nitrogen and oxygen atoms in total. The minimum absolute atomic E-state index is 0.0457. The summed E-state index contributed by atoms with van der Waals surface area (Å²) in [4.78, 5) is 23.3. The number of ether oxygens (including phenoxy) is 1. The second kappa shape index (κ2) is 6.52. The minimum atomic E-state index is -0.355. The van der Waals surface area contributed by atoms with Crippen LogP contribution in [0.25, 0.3) is 0 Å². The number of amides is 1. The maximum Gasteiger partial charge on any atom is 0.337 e. The summed E-state index contributed by atoms with van der Waals surface area (Å²) < 4.78 is 4.64. The molecule has 1 aliphatic heterocycles. The molecule has 1 aromatic carbocycles. The van der Waals surface area contributed by atoms with E-state index in [9.17, 15) is 9.59 Å². The van der Waals surface area contributed by atoms with E-state index in [0.717, 1.165) is 18.7 Å². The summed E-state index contributed by atoms with van der Waals surface area (Å²) in [6, 6.07) is 7.05. The first-order valence-corrected chi connectivity index (χ1v) is 6.77. The number of hydrogen-bond acceptors (Lipinski definition) is 4. The molecule has 1 saturated heterocycles. The largest absolute Gasteiger partial charge is 0.465 e. The molecular weight excluding hydrogens is 256 g/mol. The summed E-state index contributed by atoms with van der Waals surface area (Å²) in [7, 11) is 1.35. The quantitative estimate of drug-likeness (QED) is 0.803. The van der Waals surface area contributed by atoms with Gasteiger partial charge >= 0.3 is 5.97 Å². The van der Waals surface area contributed by atoms with Crippen LogP contribution in [0.1, 0.15) is 22.8 Å². The minimum Gasteiger partial charge on any atom is -0.465 e. The summed E-state index contributed by atoms with van der Waals surface area (Å²) in [6.45, 7) is 4.19. The molecule has 1 fully saturated rings. The molecule has 1 amide bonds. The van der Waals surface area contributed by atoms with Gasteiger partial charge in [0, 0.05) is 13.1 Å². The predicted molar refractivity (Wildman–Crippen MR) is 75.2 cm³/mol. The van der Waals surface area contributed by atoms with Gasteiger partial charge in [-0.05, 0) is 30.2 Å². The second-order valence-electron chi connectivity index (χ2n) is 5.15. The van der Waals surface area contributed by atoms with Crippen molar-refractivity contribution >= 4 is 11.9 Å². The van der Waals surface area contributed by atoms with Gasteiger partial charge in [0.1, 0.15) is 0 Å². The third-order valence-electron chi connectivity index (χ3n) is 3.70.